The first-order valence-corrected chi connectivity index (χ1v) is 9.35. The zero-order chi connectivity index (χ0) is 21.7. The Balaban J connectivity index is 2.33. The molecule has 0 spiro atoms. The molecule has 7 heteroatoms. The molecule has 1 heterocycles. The molecule has 1 atom stereocenters. The lowest BCUT2D eigenvalue weighted by Gasteiger charge is -2.28. The van der Waals surface area contributed by atoms with Crippen LogP contribution in [-0.4, -0.2) is 41.2 Å². The van der Waals surface area contributed by atoms with Gasteiger partial charge < -0.3 is 14.6 Å². The maximum absolute atomic E-state index is 13.1. The second-order valence-electron chi connectivity index (χ2n) is 6.79. The fraction of sp³-hybridized carbons (Fsp3) is 0.364. The third-order valence-corrected chi connectivity index (χ3v) is 5.05. The second kappa shape index (κ2) is 9.20. The summed E-state index contributed by atoms with van der Waals surface area (Å²) in [7, 11) is 1.26. The van der Waals surface area contributed by atoms with Crippen LogP contribution in [0.15, 0.2) is 24.3 Å². The van der Waals surface area contributed by atoms with Crippen LogP contribution >= 0.6 is 0 Å². The molecule has 0 aliphatic heterocycles. The summed E-state index contributed by atoms with van der Waals surface area (Å²) in [5.74, 6) is -0.993. The van der Waals surface area contributed by atoms with Gasteiger partial charge in [0, 0.05) is 19.2 Å². The monoisotopic (exact) mass is 395 g/mol. The minimum atomic E-state index is -0.586. The highest BCUT2D eigenvalue weighted by atomic mass is 16.5. The summed E-state index contributed by atoms with van der Waals surface area (Å²) < 4.78 is 4.84. The van der Waals surface area contributed by atoms with Crippen LogP contribution in [0.1, 0.15) is 70.0 Å². The molecule has 0 saturated heterocycles. The fourth-order valence-electron chi connectivity index (χ4n) is 3.46. The van der Waals surface area contributed by atoms with Gasteiger partial charge in [-0.05, 0) is 44.0 Å². The highest BCUT2D eigenvalue weighted by molar-refractivity contribution is 6.01. The average Bonchev–Trinajstić information content (AvgIpc) is 3.03. The van der Waals surface area contributed by atoms with Gasteiger partial charge in [0.15, 0.2) is 5.78 Å². The Labute approximate surface area is 170 Å². The van der Waals surface area contributed by atoms with Crippen LogP contribution in [-0.2, 0) is 16.0 Å². The molecule has 2 rings (SSSR count). The second-order valence-corrected chi connectivity index (χ2v) is 6.79. The molecule has 1 N–H and O–H groups in total. The molecule has 0 fully saturated rings. The zero-order valence-corrected chi connectivity index (χ0v) is 17.3. The van der Waals surface area contributed by atoms with Crippen molar-refractivity contribution in [3.05, 3.63) is 57.9 Å². The Morgan fingerprint density at radius 3 is 2.34 bits per heavy atom. The lowest BCUT2D eigenvalue weighted by Crippen LogP contribution is -2.35. The molecular formula is C22H25N3O4. The first kappa shape index (κ1) is 21.9. The summed E-state index contributed by atoms with van der Waals surface area (Å²) in [4.78, 5) is 41.8. The van der Waals surface area contributed by atoms with Crippen molar-refractivity contribution >= 4 is 17.7 Å². The van der Waals surface area contributed by atoms with E-state index in [0.717, 1.165) is 5.56 Å². The molecule has 0 saturated carbocycles. The number of hydrogen-bond donors (Lipinski definition) is 1. The lowest BCUT2D eigenvalue weighted by molar-refractivity contribution is -0.132. The van der Waals surface area contributed by atoms with E-state index >= 15 is 0 Å². The van der Waals surface area contributed by atoms with Gasteiger partial charge in [-0.3, -0.25) is 9.59 Å². The minimum Gasteiger partial charge on any atom is -0.465 e. The third-order valence-electron chi connectivity index (χ3n) is 5.05. The molecule has 1 amide bonds. The number of hydrogen-bond acceptors (Lipinski definition) is 5. The van der Waals surface area contributed by atoms with Crippen molar-refractivity contribution in [2.24, 2.45) is 0 Å². The van der Waals surface area contributed by atoms with Crippen molar-refractivity contribution in [3.63, 3.8) is 0 Å². The van der Waals surface area contributed by atoms with Gasteiger partial charge in [0.2, 0.25) is 5.91 Å². The standard InChI is InChI=1S/C22H25N3O4/c1-6-25(14(3)17-9-7-16(12-23)8-10-17)19(27)11-18-20(22(28)29-5)13(2)21(24-18)15(4)26/h7-10,14,24H,6,11H2,1-5H3. The summed E-state index contributed by atoms with van der Waals surface area (Å²) in [5, 5.41) is 8.95. The number of amides is 1. The molecule has 29 heavy (non-hydrogen) atoms. The molecule has 1 aromatic heterocycles. The number of H-pyrrole nitrogens is 1. The van der Waals surface area contributed by atoms with E-state index in [1.54, 1.807) is 24.0 Å². The van der Waals surface area contributed by atoms with E-state index in [4.69, 9.17) is 10.00 Å². The Morgan fingerprint density at radius 2 is 1.86 bits per heavy atom. The van der Waals surface area contributed by atoms with Crippen molar-refractivity contribution in [2.45, 2.75) is 40.2 Å². The Hall–Kier alpha value is -3.40. The van der Waals surface area contributed by atoms with E-state index in [-0.39, 0.29) is 29.7 Å². The number of likely N-dealkylation sites (N-methyl/N-ethyl adjacent to an activating group) is 1. The molecule has 1 aromatic carbocycles. The normalized spacial score (nSPS) is 11.4. The molecule has 0 radical (unpaired) electrons. The smallest absolute Gasteiger partial charge is 0.339 e. The number of rotatable bonds is 7. The largest absolute Gasteiger partial charge is 0.465 e. The SMILES string of the molecule is CCN(C(=O)Cc1[nH]c(C(C)=O)c(C)c1C(=O)OC)C(C)c1ccc(C#N)cc1. The van der Waals surface area contributed by atoms with Crippen molar-refractivity contribution in [1.29, 1.82) is 5.26 Å². The van der Waals surface area contributed by atoms with Crippen molar-refractivity contribution < 1.29 is 19.1 Å². The summed E-state index contributed by atoms with van der Waals surface area (Å²) in [5.41, 5.74) is 2.84. The highest BCUT2D eigenvalue weighted by Crippen LogP contribution is 2.24. The van der Waals surface area contributed by atoms with Crippen molar-refractivity contribution in [3.8, 4) is 6.07 Å². The molecule has 0 aliphatic carbocycles. The van der Waals surface area contributed by atoms with Crippen molar-refractivity contribution in [1.82, 2.24) is 9.88 Å². The number of methoxy groups -OCH3 is 1. The van der Waals surface area contributed by atoms with Crippen LogP contribution in [0.4, 0.5) is 0 Å². The van der Waals surface area contributed by atoms with Crippen molar-refractivity contribution in [2.75, 3.05) is 13.7 Å². The number of nitrogens with one attached hydrogen (secondary N) is 1. The summed E-state index contributed by atoms with van der Waals surface area (Å²) >= 11 is 0. The summed E-state index contributed by atoms with van der Waals surface area (Å²) in [6.07, 6.45) is -0.0625. The first-order valence-electron chi connectivity index (χ1n) is 9.35. The molecule has 152 valence electrons. The van der Waals surface area contributed by atoms with E-state index < -0.39 is 5.97 Å². The number of carbonyl (C=O) groups excluding carboxylic acids is 3. The van der Waals surface area contributed by atoms with Gasteiger partial charge in [0.25, 0.3) is 0 Å². The van der Waals surface area contributed by atoms with E-state index in [1.165, 1.54) is 14.0 Å². The fourth-order valence-corrected chi connectivity index (χ4v) is 3.46. The Morgan fingerprint density at radius 1 is 1.24 bits per heavy atom. The van der Waals surface area contributed by atoms with E-state index in [0.29, 0.717) is 29.1 Å². The number of ether oxygens (including phenoxy) is 1. The minimum absolute atomic E-state index is 0.0625. The number of benzene rings is 1. The van der Waals surface area contributed by atoms with Gasteiger partial charge in [0.1, 0.15) is 0 Å². The van der Waals surface area contributed by atoms with Gasteiger partial charge in [0.05, 0.1) is 42.5 Å². The maximum atomic E-state index is 13.1. The van der Waals surface area contributed by atoms with Crippen LogP contribution < -0.4 is 0 Å². The average molecular weight is 395 g/mol. The van der Waals surface area contributed by atoms with Crippen LogP contribution in [0.25, 0.3) is 0 Å². The molecule has 0 aliphatic rings. The molecule has 1 unspecified atom stereocenters. The number of Topliss-reactive ketones (excluding diaryl/α,β-unsaturated/α-hetero) is 1. The number of aromatic nitrogens is 1. The quantitative estimate of drug-likeness (QED) is 0.572. The van der Waals surface area contributed by atoms with E-state index in [9.17, 15) is 14.4 Å². The molecular weight excluding hydrogens is 370 g/mol. The van der Waals surface area contributed by atoms with Gasteiger partial charge >= 0.3 is 5.97 Å². The number of nitrogens with zero attached hydrogens (tertiary/aromatic N) is 2. The summed E-state index contributed by atoms with van der Waals surface area (Å²) in [6.45, 7) is 7.30. The topological polar surface area (TPSA) is 103 Å². The Kier molecular flexibility index (Phi) is 6.94. The van der Waals surface area contributed by atoms with E-state index in [1.807, 2.05) is 26.0 Å². The summed E-state index contributed by atoms with van der Waals surface area (Å²) in [6, 6.07) is 8.94. The van der Waals surface area contributed by atoms with Gasteiger partial charge in [-0.2, -0.15) is 5.26 Å². The predicted octanol–water partition coefficient (Wildman–Crippen LogP) is 3.34. The number of carbonyl (C=O) groups is 3. The van der Waals surface area contributed by atoms with Crippen LogP contribution in [0, 0.1) is 18.3 Å². The molecule has 7 nitrogen and oxygen atoms in total. The van der Waals surface area contributed by atoms with Crippen LogP contribution in [0.2, 0.25) is 0 Å². The third kappa shape index (κ3) is 4.54. The number of ketones is 1. The molecule has 0 bridgehead atoms. The number of nitriles is 1. The lowest BCUT2D eigenvalue weighted by atomic mass is 10.0. The highest BCUT2D eigenvalue weighted by Gasteiger charge is 2.27. The molecule has 2 aromatic rings. The van der Waals surface area contributed by atoms with Gasteiger partial charge in [-0.25, -0.2) is 4.79 Å². The maximum Gasteiger partial charge on any atom is 0.339 e. The van der Waals surface area contributed by atoms with E-state index in [2.05, 4.69) is 11.1 Å². The van der Waals surface area contributed by atoms with Crippen LogP contribution in [0.5, 0.6) is 0 Å². The van der Waals surface area contributed by atoms with Crippen LogP contribution in [0.3, 0.4) is 0 Å². The predicted molar refractivity (Wildman–Crippen MR) is 108 cm³/mol. The number of aromatic amines is 1. The zero-order valence-electron chi connectivity index (χ0n) is 17.3. The van der Waals surface area contributed by atoms with Gasteiger partial charge in [-0.1, -0.05) is 12.1 Å². The Bertz CT molecular complexity index is 967. The number of esters is 1. The van der Waals surface area contributed by atoms with Gasteiger partial charge in [-0.15, -0.1) is 0 Å². The first-order chi connectivity index (χ1) is 13.7.